The molecule has 1 aliphatic heterocycles. The molecule has 0 spiro atoms. The van der Waals surface area contributed by atoms with Gasteiger partial charge in [-0.2, -0.15) is 0 Å². The standard InChI is InChI=1S/C20H26FN3O2/c1-14(2)24(13-19(25)23-9-5-3-4-6-10-23)20(26)18-12-15-11-16(21)7-8-17(15)22-18/h7-8,11-12,14,22H,3-6,9-10,13H2,1-2H3. The topological polar surface area (TPSA) is 56.4 Å². The second-order valence-corrected chi connectivity index (χ2v) is 7.24. The third-order valence-corrected chi connectivity index (χ3v) is 4.96. The number of amides is 2. The maximum atomic E-state index is 13.4. The number of benzene rings is 1. The number of aromatic nitrogens is 1. The average molecular weight is 359 g/mol. The Hall–Kier alpha value is -2.37. The minimum atomic E-state index is -0.340. The summed E-state index contributed by atoms with van der Waals surface area (Å²) in [6.45, 7) is 5.40. The molecule has 0 bridgehead atoms. The Morgan fingerprint density at radius 1 is 1.15 bits per heavy atom. The molecule has 0 unspecified atom stereocenters. The molecule has 6 heteroatoms. The van der Waals surface area contributed by atoms with Gasteiger partial charge in [-0.1, -0.05) is 12.8 Å². The average Bonchev–Trinajstić information content (AvgIpc) is 2.83. The number of nitrogens with one attached hydrogen (secondary N) is 1. The van der Waals surface area contributed by atoms with Crippen molar-refractivity contribution in [1.29, 1.82) is 0 Å². The van der Waals surface area contributed by atoms with E-state index in [-0.39, 0.29) is 30.2 Å². The number of aromatic amines is 1. The summed E-state index contributed by atoms with van der Waals surface area (Å²) >= 11 is 0. The number of nitrogens with zero attached hydrogens (tertiary/aromatic N) is 2. The van der Waals surface area contributed by atoms with Crippen molar-refractivity contribution in [2.24, 2.45) is 0 Å². The zero-order chi connectivity index (χ0) is 18.7. The van der Waals surface area contributed by atoms with Crippen LogP contribution in [-0.2, 0) is 4.79 Å². The van der Waals surface area contributed by atoms with Crippen LogP contribution >= 0.6 is 0 Å². The third-order valence-electron chi connectivity index (χ3n) is 4.96. The molecule has 5 nitrogen and oxygen atoms in total. The smallest absolute Gasteiger partial charge is 0.271 e. The van der Waals surface area contributed by atoms with Gasteiger partial charge in [0, 0.05) is 30.0 Å². The van der Waals surface area contributed by atoms with Crippen LogP contribution in [0.3, 0.4) is 0 Å². The minimum absolute atomic E-state index is 0.00361. The van der Waals surface area contributed by atoms with Crippen LogP contribution < -0.4 is 0 Å². The predicted molar refractivity (Wildman–Crippen MR) is 99.5 cm³/mol. The highest BCUT2D eigenvalue weighted by atomic mass is 19.1. The Balaban J connectivity index is 1.77. The maximum absolute atomic E-state index is 13.4. The van der Waals surface area contributed by atoms with E-state index in [1.54, 1.807) is 17.0 Å². The fourth-order valence-electron chi connectivity index (χ4n) is 3.43. The van der Waals surface area contributed by atoms with Gasteiger partial charge in [0.25, 0.3) is 5.91 Å². The van der Waals surface area contributed by atoms with Gasteiger partial charge in [0.05, 0.1) is 0 Å². The lowest BCUT2D eigenvalue weighted by molar-refractivity contribution is -0.132. The summed E-state index contributed by atoms with van der Waals surface area (Å²) in [5, 5.41) is 0.649. The lowest BCUT2D eigenvalue weighted by Crippen LogP contribution is -2.46. The lowest BCUT2D eigenvalue weighted by atomic mass is 10.2. The normalized spacial score (nSPS) is 15.3. The molecule has 26 heavy (non-hydrogen) atoms. The van der Waals surface area contributed by atoms with Crippen molar-refractivity contribution in [1.82, 2.24) is 14.8 Å². The molecule has 1 saturated heterocycles. The number of halogens is 1. The van der Waals surface area contributed by atoms with Gasteiger partial charge in [-0.05, 0) is 51.0 Å². The van der Waals surface area contributed by atoms with E-state index in [4.69, 9.17) is 0 Å². The zero-order valence-electron chi connectivity index (χ0n) is 15.4. The molecule has 2 aromatic rings. The summed E-state index contributed by atoms with van der Waals surface area (Å²) in [6, 6.07) is 5.90. The van der Waals surface area contributed by atoms with Gasteiger partial charge in [-0.3, -0.25) is 9.59 Å². The summed E-state index contributed by atoms with van der Waals surface area (Å²) < 4.78 is 13.4. The Labute approximate surface area is 153 Å². The summed E-state index contributed by atoms with van der Waals surface area (Å²) in [6.07, 6.45) is 4.36. The van der Waals surface area contributed by atoms with E-state index in [0.29, 0.717) is 16.6 Å². The number of carbonyl (C=O) groups excluding carboxylic acids is 2. The minimum Gasteiger partial charge on any atom is -0.351 e. The molecular weight excluding hydrogens is 333 g/mol. The van der Waals surface area contributed by atoms with E-state index >= 15 is 0 Å². The molecule has 0 saturated carbocycles. The predicted octanol–water partition coefficient (Wildman–Crippen LogP) is 3.56. The first-order valence-corrected chi connectivity index (χ1v) is 9.32. The van der Waals surface area contributed by atoms with Crippen molar-refractivity contribution >= 4 is 22.7 Å². The van der Waals surface area contributed by atoms with Gasteiger partial charge < -0.3 is 14.8 Å². The molecule has 0 radical (unpaired) electrons. The molecule has 0 aliphatic carbocycles. The van der Waals surface area contributed by atoms with Crippen molar-refractivity contribution in [3.63, 3.8) is 0 Å². The fourth-order valence-corrected chi connectivity index (χ4v) is 3.43. The second kappa shape index (κ2) is 7.89. The van der Waals surface area contributed by atoms with Crippen LogP contribution in [0.15, 0.2) is 24.3 Å². The Morgan fingerprint density at radius 2 is 1.85 bits per heavy atom. The number of hydrogen-bond donors (Lipinski definition) is 1. The number of fused-ring (bicyclic) bond motifs is 1. The quantitative estimate of drug-likeness (QED) is 0.907. The molecule has 1 aliphatic rings. The first-order valence-electron chi connectivity index (χ1n) is 9.32. The molecule has 1 N–H and O–H groups in total. The van der Waals surface area contributed by atoms with Crippen molar-refractivity contribution in [3.8, 4) is 0 Å². The maximum Gasteiger partial charge on any atom is 0.271 e. The highest BCUT2D eigenvalue weighted by Gasteiger charge is 2.25. The molecule has 2 heterocycles. The molecule has 1 fully saturated rings. The third kappa shape index (κ3) is 4.06. The first-order chi connectivity index (χ1) is 12.5. The summed E-state index contributed by atoms with van der Waals surface area (Å²) in [5.41, 5.74) is 1.08. The van der Waals surface area contributed by atoms with Crippen molar-refractivity contribution in [2.75, 3.05) is 19.6 Å². The molecular formula is C20H26FN3O2. The van der Waals surface area contributed by atoms with E-state index in [0.717, 1.165) is 38.8 Å². The van der Waals surface area contributed by atoms with E-state index in [1.807, 2.05) is 18.7 Å². The summed E-state index contributed by atoms with van der Waals surface area (Å²) in [7, 11) is 0. The van der Waals surface area contributed by atoms with Crippen LogP contribution in [0.25, 0.3) is 10.9 Å². The number of carbonyl (C=O) groups is 2. The number of likely N-dealkylation sites (tertiary alicyclic amines) is 1. The van der Waals surface area contributed by atoms with Crippen LogP contribution in [0.4, 0.5) is 4.39 Å². The van der Waals surface area contributed by atoms with Gasteiger partial charge in [0.2, 0.25) is 5.91 Å². The second-order valence-electron chi connectivity index (χ2n) is 7.24. The lowest BCUT2D eigenvalue weighted by Gasteiger charge is -2.29. The molecule has 0 atom stereocenters. The van der Waals surface area contributed by atoms with Crippen molar-refractivity contribution in [3.05, 3.63) is 35.8 Å². The van der Waals surface area contributed by atoms with Crippen LogP contribution in [0.5, 0.6) is 0 Å². The van der Waals surface area contributed by atoms with Crippen LogP contribution in [0.2, 0.25) is 0 Å². The van der Waals surface area contributed by atoms with E-state index < -0.39 is 0 Å². The van der Waals surface area contributed by atoms with Crippen LogP contribution in [0.1, 0.15) is 50.0 Å². The van der Waals surface area contributed by atoms with Crippen LogP contribution in [0, 0.1) is 5.82 Å². The van der Waals surface area contributed by atoms with Crippen molar-refractivity contribution in [2.45, 2.75) is 45.6 Å². The monoisotopic (exact) mass is 359 g/mol. The van der Waals surface area contributed by atoms with Crippen molar-refractivity contribution < 1.29 is 14.0 Å². The molecule has 140 valence electrons. The number of H-pyrrole nitrogens is 1. The first kappa shape index (κ1) is 18.4. The molecule has 2 amide bonds. The molecule has 1 aromatic heterocycles. The Morgan fingerprint density at radius 3 is 2.50 bits per heavy atom. The van der Waals surface area contributed by atoms with Crippen LogP contribution in [-0.4, -0.2) is 52.3 Å². The Bertz CT molecular complexity index is 791. The van der Waals surface area contributed by atoms with Gasteiger partial charge in [0.1, 0.15) is 18.1 Å². The molecule has 1 aromatic carbocycles. The SMILES string of the molecule is CC(C)N(CC(=O)N1CCCCCC1)C(=O)c1cc2cc(F)ccc2[nH]1. The van der Waals surface area contributed by atoms with E-state index in [2.05, 4.69) is 4.98 Å². The van der Waals surface area contributed by atoms with E-state index in [1.165, 1.54) is 12.1 Å². The van der Waals surface area contributed by atoms with Gasteiger partial charge >= 0.3 is 0 Å². The number of hydrogen-bond acceptors (Lipinski definition) is 2. The Kier molecular flexibility index (Phi) is 5.59. The highest BCUT2D eigenvalue weighted by Crippen LogP contribution is 2.19. The molecule has 3 rings (SSSR count). The fraction of sp³-hybridized carbons (Fsp3) is 0.500. The zero-order valence-corrected chi connectivity index (χ0v) is 15.4. The summed E-state index contributed by atoms with van der Waals surface area (Å²) in [4.78, 5) is 32.1. The largest absolute Gasteiger partial charge is 0.351 e. The number of rotatable bonds is 4. The van der Waals surface area contributed by atoms with Gasteiger partial charge in [0.15, 0.2) is 0 Å². The summed E-state index contributed by atoms with van der Waals surface area (Å²) in [5.74, 6) is -0.580. The van der Waals surface area contributed by atoms with Gasteiger partial charge in [-0.25, -0.2) is 4.39 Å². The highest BCUT2D eigenvalue weighted by molar-refractivity contribution is 5.99. The van der Waals surface area contributed by atoms with E-state index in [9.17, 15) is 14.0 Å². The van der Waals surface area contributed by atoms with Gasteiger partial charge in [-0.15, -0.1) is 0 Å².